The van der Waals surface area contributed by atoms with E-state index in [2.05, 4.69) is 4.98 Å². The molecule has 0 aliphatic heterocycles. The van der Waals surface area contributed by atoms with Gasteiger partial charge in [0, 0.05) is 24.8 Å². The number of aliphatic hydroxyl groups is 1. The summed E-state index contributed by atoms with van der Waals surface area (Å²) in [4.78, 5) is 4.62. The van der Waals surface area contributed by atoms with Crippen molar-refractivity contribution in [2.75, 3.05) is 12.9 Å². The van der Waals surface area contributed by atoms with Crippen LogP contribution in [0, 0.1) is 0 Å². The van der Waals surface area contributed by atoms with Crippen LogP contribution in [0.4, 0.5) is 0 Å². The molecule has 0 saturated heterocycles. The average Bonchev–Trinajstić information content (AvgIpc) is 3.03. The zero-order chi connectivity index (χ0) is 17.2. The molecular formula is C18H17NO4S. The van der Waals surface area contributed by atoms with E-state index in [1.54, 1.807) is 30.5 Å². The number of hydrogen-bond donors (Lipinski definition) is 1. The number of oxazole rings is 1. The van der Waals surface area contributed by atoms with Crippen LogP contribution in [0.15, 0.2) is 64.1 Å². The zero-order valence-electron chi connectivity index (χ0n) is 13.1. The maximum absolute atomic E-state index is 11.5. The third-order valence-corrected chi connectivity index (χ3v) is 4.80. The fourth-order valence-electron chi connectivity index (χ4n) is 2.37. The topological polar surface area (TPSA) is 80.4 Å². The van der Waals surface area contributed by atoms with Crippen molar-refractivity contribution in [2.24, 2.45) is 0 Å². The smallest absolute Gasteiger partial charge is 0.226 e. The molecule has 6 heteroatoms. The van der Waals surface area contributed by atoms with Gasteiger partial charge in [-0.2, -0.15) is 0 Å². The number of sulfone groups is 1. The fourth-order valence-corrected chi connectivity index (χ4v) is 3.00. The lowest BCUT2D eigenvalue weighted by Crippen LogP contribution is -1.96. The first kappa shape index (κ1) is 16.4. The van der Waals surface area contributed by atoms with Crippen molar-refractivity contribution >= 4 is 9.84 Å². The molecule has 0 saturated carbocycles. The van der Waals surface area contributed by atoms with Gasteiger partial charge in [0.2, 0.25) is 5.89 Å². The predicted octanol–water partition coefficient (Wildman–Crippen LogP) is 2.95. The van der Waals surface area contributed by atoms with E-state index >= 15 is 0 Å². The Morgan fingerprint density at radius 2 is 1.50 bits per heavy atom. The van der Waals surface area contributed by atoms with Gasteiger partial charge in [0.15, 0.2) is 9.84 Å². The van der Waals surface area contributed by atoms with E-state index < -0.39 is 9.84 Å². The average molecular weight is 343 g/mol. The molecule has 3 rings (SSSR count). The number of hydrogen-bond acceptors (Lipinski definition) is 5. The molecule has 3 aromatic rings. The van der Waals surface area contributed by atoms with Gasteiger partial charge in [0.25, 0.3) is 0 Å². The highest BCUT2D eigenvalue weighted by atomic mass is 32.2. The third-order valence-electron chi connectivity index (χ3n) is 3.67. The first-order chi connectivity index (χ1) is 11.5. The summed E-state index contributed by atoms with van der Waals surface area (Å²) in [5.41, 5.74) is 3.46. The van der Waals surface area contributed by atoms with Gasteiger partial charge in [0.05, 0.1) is 10.6 Å². The fraction of sp³-hybridized carbons (Fsp3) is 0.167. The van der Waals surface area contributed by atoms with Crippen molar-refractivity contribution < 1.29 is 17.9 Å². The number of aliphatic hydroxyl groups excluding tert-OH is 1. The maximum Gasteiger partial charge on any atom is 0.226 e. The molecule has 124 valence electrons. The lowest BCUT2D eigenvalue weighted by atomic mass is 10.0. The Morgan fingerprint density at radius 1 is 0.958 bits per heavy atom. The van der Waals surface area contributed by atoms with Crippen LogP contribution in [-0.4, -0.2) is 31.4 Å². The standard InChI is InChI=1S/C18H17NO4S/c1-24(21,22)17-8-6-14(7-9-17)13-2-4-15(5-3-13)18-19-16(10-11-20)12-23-18/h2-9,12,20H,10-11H2,1H3. The Balaban J connectivity index is 1.83. The molecule has 0 atom stereocenters. The van der Waals surface area contributed by atoms with Gasteiger partial charge < -0.3 is 9.52 Å². The van der Waals surface area contributed by atoms with E-state index in [9.17, 15) is 8.42 Å². The summed E-state index contributed by atoms with van der Waals surface area (Å²) in [6.07, 6.45) is 3.20. The highest BCUT2D eigenvalue weighted by Gasteiger charge is 2.09. The lowest BCUT2D eigenvalue weighted by Gasteiger charge is -2.04. The molecule has 0 amide bonds. The van der Waals surface area contributed by atoms with Gasteiger partial charge in [-0.05, 0) is 35.4 Å². The van der Waals surface area contributed by atoms with Crippen molar-refractivity contribution in [3.63, 3.8) is 0 Å². The molecule has 0 bridgehead atoms. The Bertz CT molecular complexity index is 926. The van der Waals surface area contributed by atoms with Gasteiger partial charge in [-0.15, -0.1) is 0 Å². The molecule has 0 aliphatic carbocycles. The predicted molar refractivity (Wildman–Crippen MR) is 91.3 cm³/mol. The second-order valence-corrected chi connectivity index (χ2v) is 7.51. The van der Waals surface area contributed by atoms with Gasteiger partial charge in [-0.25, -0.2) is 13.4 Å². The molecule has 2 aromatic carbocycles. The van der Waals surface area contributed by atoms with Crippen molar-refractivity contribution in [3.8, 4) is 22.6 Å². The van der Waals surface area contributed by atoms with Crippen LogP contribution in [0.1, 0.15) is 5.69 Å². The Kier molecular flexibility index (Phi) is 4.51. The highest BCUT2D eigenvalue weighted by molar-refractivity contribution is 7.90. The highest BCUT2D eigenvalue weighted by Crippen LogP contribution is 2.25. The summed E-state index contributed by atoms with van der Waals surface area (Å²) in [5, 5.41) is 8.91. The molecule has 0 fully saturated rings. The minimum absolute atomic E-state index is 0.0361. The van der Waals surface area contributed by atoms with Crippen LogP contribution in [0.25, 0.3) is 22.6 Å². The normalized spacial score (nSPS) is 11.6. The molecule has 24 heavy (non-hydrogen) atoms. The van der Waals surface area contributed by atoms with E-state index in [1.165, 1.54) is 6.26 Å². The second kappa shape index (κ2) is 6.59. The largest absolute Gasteiger partial charge is 0.444 e. The van der Waals surface area contributed by atoms with Gasteiger partial charge in [0.1, 0.15) is 6.26 Å². The molecule has 1 aromatic heterocycles. The summed E-state index contributed by atoms with van der Waals surface area (Å²) in [6.45, 7) is 0.0361. The second-order valence-electron chi connectivity index (χ2n) is 5.49. The SMILES string of the molecule is CS(=O)(=O)c1ccc(-c2ccc(-c3nc(CCO)co3)cc2)cc1. The van der Waals surface area contributed by atoms with Crippen LogP contribution in [-0.2, 0) is 16.3 Å². The van der Waals surface area contributed by atoms with E-state index in [4.69, 9.17) is 9.52 Å². The number of nitrogens with zero attached hydrogens (tertiary/aromatic N) is 1. The zero-order valence-corrected chi connectivity index (χ0v) is 14.0. The van der Waals surface area contributed by atoms with Gasteiger partial charge in [-0.3, -0.25) is 0 Å². The molecule has 1 N–H and O–H groups in total. The quantitative estimate of drug-likeness (QED) is 0.770. The minimum atomic E-state index is -3.19. The van der Waals surface area contributed by atoms with E-state index in [1.807, 2.05) is 24.3 Å². The molecule has 0 radical (unpaired) electrons. The Morgan fingerprint density at radius 3 is 2.04 bits per heavy atom. The Labute approximate surface area is 140 Å². The molecule has 0 spiro atoms. The van der Waals surface area contributed by atoms with Crippen LogP contribution < -0.4 is 0 Å². The van der Waals surface area contributed by atoms with E-state index in [0.29, 0.717) is 22.9 Å². The molecule has 0 aliphatic rings. The van der Waals surface area contributed by atoms with Crippen molar-refractivity contribution in [2.45, 2.75) is 11.3 Å². The monoisotopic (exact) mass is 343 g/mol. The molecule has 0 unspecified atom stereocenters. The maximum atomic E-state index is 11.5. The minimum Gasteiger partial charge on any atom is -0.444 e. The summed E-state index contributed by atoms with van der Waals surface area (Å²) >= 11 is 0. The van der Waals surface area contributed by atoms with Crippen LogP contribution in [0.5, 0.6) is 0 Å². The first-order valence-electron chi connectivity index (χ1n) is 7.43. The van der Waals surface area contributed by atoms with E-state index in [0.717, 1.165) is 16.7 Å². The van der Waals surface area contributed by atoms with Crippen LogP contribution >= 0.6 is 0 Å². The van der Waals surface area contributed by atoms with Crippen molar-refractivity contribution in [3.05, 3.63) is 60.5 Å². The number of aromatic nitrogens is 1. The van der Waals surface area contributed by atoms with Crippen LogP contribution in [0.3, 0.4) is 0 Å². The van der Waals surface area contributed by atoms with Crippen molar-refractivity contribution in [1.82, 2.24) is 4.98 Å². The van der Waals surface area contributed by atoms with Crippen molar-refractivity contribution in [1.29, 1.82) is 0 Å². The van der Waals surface area contributed by atoms with Gasteiger partial charge in [-0.1, -0.05) is 24.3 Å². The summed E-state index contributed by atoms with van der Waals surface area (Å²) < 4.78 is 28.4. The summed E-state index contributed by atoms with van der Waals surface area (Å²) in [5.74, 6) is 0.512. The van der Waals surface area contributed by atoms with Gasteiger partial charge >= 0.3 is 0 Å². The third kappa shape index (κ3) is 3.55. The summed E-state index contributed by atoms with van der Waals surface area (Å²) in [6, 6.07) is 14.4. The van der Waals surface area contributed by atoms with Crippen LogP contribution in [0.2, 0.25) is 0 Å². The first-order valence-corrected chi connectivity index (χ1v) is 9.33. The molecular weight excluding hydrogens is 326 g/mol. The van der Waals surface area contributed by atoms with E-state index in [-0.39, 0.29) is 6.61 Å². The lowest BCUT2D eigenvalue weighted by molar-refractivity contribution is 0.298. The number of benzene rings is 2. The molecule has 1 heterocycles. The molecule has 5 nitrogen and oxygen atoms in total. The number of rotatable bonds is 5. The Hall–Kier alpha value is -2.44. The summed E-state index contributed by atoms with van der Waals surface area (Å²) in [7, 11) is -3.19.